The van der Waals surface area contributed by atoms with Crippen molar-refractivity contribution in [2.75, 3.05) is 44.4 Å². The highest BCUT2D eigenvalue weighted by atomic mass is 35.5. The van der Waals surface area contributed by atoms with Crippen LogP contribution in [0.1, 0.15) is 5.56 Å². The zero-order chi connectivity index (χ0) is 22.5. The van der Waals surface area contributed by atoms with Crippen molar-refractivity contribution in [3.05, 3.63) is 76.7 Å². The maximum atomic E-state index is 12.9. The number of hydrogen-bond acceptors (Lipinski definition) is 6. The normalized spacial score (nSPS) is 18.5. The molecule has 0 atom stereocenters. The van der Waals surface area contributed by atoms with Crippen LogP contribution in [0.25, 0.3) is 6.08 Å². The molecule has 0 N–H and O–H groups in total. The molecule has 32 heavy (non-hydrogen) atoms. The lowest BCUT2D eigenvalue weighted by molar-refractivity contribution is -0.124. The number of rotatable bonds is 7. The molecule has 2 aromatic carbocycles. The zero-order valence-corrected chi connectivity index (χ0v) is 19.1. The molecule has 2 saturated heterocycles. The summed E-state index contributed by atoms with van der Waals surface area (Å²) >= 11 is 7.09. The standard InChI is InChI=1S/C24H24ClN3O3S/c1-2-14-31-21-8-6-18(7-9-21)15-22-23(29)28(24(30)32-22)17-26-10-12-27(13-11-26)20-5-3-4-19(25)16-20/h2-9,15-16H,1,10-14,17H2/b22-15+. The van der Waals surface area contributed by atoms with E-state index in [1.807, 2.05) is 48.5 Å². The molecule has 4 rings (SSSR count). The second-order valence-electron chi connectivity index (χ2n) is 7.50. The van der Waals surface area contributed by atoms with Gasteiger partial charge in [-0.1, -0.05) is 42.5 Å². The highest BCUT2D eigenvalue weighted by molar-refractivity contribution is 8.18. The van der Waals surface area contributed by atoms with Gasteiger partial charge in [-0.15, -0.1) is 0 Å². The molecule has 2 heterocycles. The van der Waals surface area contributed by atoms with Crippen molar-refractivity contribution in [2.24, 2.45) is 0 Å². The van der Waals surface area contributed by atoms with E-state index in [0.717, 1.165) is 54.9 Å². The lowest BCUT2D eigenvalue weighted by Crippen LogP contribution is -2.50. The molecule has 0 spiro atoms. The fourth-order valence-electron chi connectivity index (χ4n) is 3.61. The van der Waals surface area contributed by atoms with Gasteiger partial charge in [0.05, 0.1) is 11.6 Å². The zero-order valence-electron chi connectivity index (χ0n) is 17.6. The van der Waals surface area contributed by atoms with Crippen LogP contribution in [0, 0.1) is 0 Å². The number of carbonyl (C=O) groups is 2. The van der Waals surface area contributed by atoms with Crippen molar-refractivity contribution >= 4 is 46.3 Å². The fourth-order valence-corrected chi connectivity index (χ4v) is 4.63. The Morgan fingerprint density at radius 2 is 1.81 bits per heavy atom. The van der Waals surface area contributed by atoms with Gasteiger partial charge in [0.1, 0.15) is 12.4 Å². The van der Waals surface area contributed by atoms with Gasteiger partial charge in [0, 0.05) is 36.9 Å². The summed E-state index contributed by atoms with van der Waals surface area (Å²) in [6.07, 6.45) is 3.43. The third kappa shape index (κ3) is 5.35. The predicted octanol–water partition coefficient (Wildman–Crippen LogP) is 4.72. The van der Waals surface area contributed by atoms with E-state index in [1.165, 1.54) is 4.90 Å². The van der Waals surface area contributed by atoms with Crippen LogP contribution in [0.2, 0.25) is 5.02 Å². The van der Waals surface area contributed by atoms with E-state index in [4.69, 9.17) is 16.3 Å². The Kier molecular flexibility index (Phi) is 7.19. The van der Waals surface area contributed by atoms with E-state index in [-0.39, 0.29) is 11.1 Å². The molecule has 2 aliphatic heterocycles. The first-order valence-electron chi connectivity index (χ1n) is 10.4. The quantitative estimate of drug-likeness (QED) is 0.432. The first-order valence-corrected chi connectivity index (χ1v) is 11.5. The summed E-state index contributed by atoms with van der Waals surface area (Å²) in [6.45, 7) is 7.52. The molecule has 0 aromatic heterocycles. The predicted molar refractivity (Wildman–Crippen MR) is 130 cm³/mol. The number of halogens is 1. The van der Waals surface area contributed by atoms with Gasteiger partial charge in [0.25, 0.3) is 11.1 Å². The molecule has 0 unspecified atom stereocenters. The Bertz CT molecular complexity index is 1030. The van der Waals surface area contributed by atoms with Gasteiger partial charge >= 0.3 is 0 Å². The highest BCUT2D eigenvalue weighted by Gasteiger charge is 2.36. The number of ether oxygens (including phenoxy) is 1. The molecule has 0 radical (unpaired) electrons. The fraction of sp³-hybridized carbons (Fsp3) is 0.250. The van der Waals surface area contributed by atoms with Crippen molar-refractivity contribution < 1.29 is 14.3 Å². The van der Waals surface area contributed by atoms with Crippen molar-refractivity contribution in [3.63, 3.8) is 0 Å². The minimum Gasteiger partial charge on any atom is -0.490 e. The third-order valence-electron chi connectivity index (χ3n) is 5.31. The molecule has 2 aromatic rings. The van der Waals surface area contributed by atoms with Crippen LogP contribution in [0.3, 0.4) is 0 Å². The summed E-state index contributed by atoms with van der Waals surface area (Å²) in [5, 5.41) is 0.484. The molecule has 2 aliphatic rings. The maximum Gasteiger partial charge on any atom is 0.294 e. The lowest BCUT2D eigenvalue weighted by Gasteiger charge is -2.37. The first-order chi connectivity index (χ1) is 15.5. The smallest absolute Gasteiger partial charge is 0.294 e. The van der Waals surface area contributed by atoms with Crippen LogP contribution in [0.5, 0.6) is 5.75 Å². The molecule has 2 amide bonds. The molecule has 0 bridgehead atoms. The number of nitrogens with zero attached hydrogens (tertiary/aromatic N) is 3. The second kappa shape index (κ2) is 10.3. The number of piperazine rings is 1. The van der Waals surface area contributed by atoms with Crippen LogP contribution < -0.4 is 9.64 Å². The molecule has 0 saturated carbocycles. The van der Waals surface area contributed by atoms with E-state index in [1.54, 1.807) is 12.2 Å². The summed E-state index contributed by atoms with van der Waals surface area (Å²) in [5.41, 5.74) is 1.93. The first kappa shape index (κ1) is 22.5. The van der Waals surface area contributed by atoms with Gasteiger partial charge in [0.2, 0.25) is 0 Å². The Labute approximate surface area is 197 Å². The van der Waals surface area contributed by atoms with E-state index in [0.29, 0.717) is 23.2 Å². The minimum atomic E-state index is -0.246. The molecular weight excluding hydrogens is 446 g/mol. The van der Waals surface area contributed by atoms with E-state index in [2.05, 4.69) is 16.4 Å². The van der Waals surface area contributed by atoms with Crippen LogP contribution >= 0.6 is 23.4 Å². The van der Waals surface area contributed by atoms with Gasteiger partial charge in [-0.25, -0.2) is 0 Å². The van der Waals surface area contributed by atoms with Crippen molar-refractivity contribution in [3.8, 4) is 5.75 Å². The highest BCUT2D eigenvalue weighted by Crippen LogP contribution is 2.33. The topological polar surface area (TPSA) is 53.1 Å². The van der Waals surface area contributed by atoms with E-state index >= 15 is 0 Å². The molecule has 8 heteroatoms. The summed E-state index contributed by atoms with van der Waals surface area (Å²) in [6, 6.07) is 15.2. The Morgan fingerprint density at radius 3 is 2.50 bits per heavy atom. The van der Waals surface area contributed by atoms with Gasteiger partial charge in [-0.2, -0.15) is 0 Å². The number of thioether (sulfide) groups is 1. The average Bonchev–Trinajstić information content (AvgIpc) is 3.06. The van der Waals surface area contributed by atoms with Gasteiger partial charge in [0.15, 0.2) is 0 Å². The lowest BCUT2D eigenvalue weighted by atomic mass is 10.2. The average molecular weight is 470 g/mol. The maximum absolute atomic E-state index is 12.9. The molecule has 0 aliphatic carbocycles. The Hall–Kier alpha value is -2.74. The van der Waals surface area contributed by atoms with Crippen molar-refractivity contribution in [2.45, 2.75) is 0 Å². The number of amides is 2. The number of carbonyl (C=O) groups excluding carboxylic acids is 2. The second-order valence-corrected chi connectivity index (χ2v) is 8.93. The van der Waals surface area contributed by atoms with Gasteiger partial charge in [-0.05, 0) is 53.7 Å². The summed E-state index contributed by atoms with van der Waals surface area (Å²) in [4.78, 5) is 31.5. The number of imide groups is 1. The van der Waals surface area contributed by atoms with Crippen LogP contribution in [-0.4, -0.2) is 60.4 Å². The number of benzene rings is 2. The Morgan fingerprint density at radius 1 is 1.06 bits per heavy atom. The van der Waals surface area contributed by atoms with Crippen LogP contribution in [0.15, 0.2) is 66.1 Å². The molecule has 166 valence electrons. The summed E-state index contributed by atoms with van der Waals surface area (Å²) in [5.74, 6) is 0.483. The monoisotopic (exact) mass is 469 g/mol. The molecule has 6 nitrogen and oxygen atoms in total. The van der Waals surface area contributed by atoms with Crippen molar-refractivity contribution in [1.29, 1.82) is 0 Å². The largest absolute Gasteiger partial charge is 0.490 e. The van der Waals surface area contributed by atoms with Crippen molar-refractivity contribution in [1.82, 2.24) is 9.80 Å². The van der Waals surface area contributed by atoms with Gasteiger partial charge in [-0.3, -0.25) is 19.4 Å². The Balaban J connectivity index is 1.34. The summed E-state index contributed by atoms with van der Waals surface area (Å²) < 4.78 is 5.47. The summed E-state index contributed by atoms with van der Waals surface area (Å²) in [7, 11) is 0. The van der Waals surface area contributed by atoms with Gasteiger partial charge < -0.3 is 9.64 Å². The SMILES string of the molecule is C=CCOc1ccc(/C=C2/SC(=O)N(CN3CCN(c4cccc(Cl)c4)CC3)C2=O)cc1. The third-order valence-corrected chi connectivity index (χ3v) is 6.45. The van der Waals surface area contributed by atoms with Crippen LogP contribution in [-0.2, 0) is 4.79 Å². The minimum absolute atomic E-state index is 0.232. The molecular formula is C24H24ClN3O3S. The van der Waals surface area contributed by atoms with E-state index < -0.39 is 0 Å². The van der Waals surface area contributed by atoms with Crippen LogP contribution in [0.4, 0.5) is 10.5 Å². The molecule has 2 fully saturated rings. The number of hydrogen-bond donors (Lipinski definition) is 0. The number of anilines is 1. The van der Waals surface area contributed by atoms with E-state index in [9.17, 15) is 9.59 Å².